The van der Waals surface area contributed by atoms with Crippen molar-refractivity contribution < 1.29 is 4.39 Å². The molecule has 0 saturated heterocycles. The second kappa shape index (κ2) is 7.75. The van der Waals surface area contributed by atoms with Crippen LogP contribution in [0.15, 0.2) is 54.6 Å². The molecule has 2 aromatic carbocycles. The van der Waals surface area contributed by atoms with Gasteiger partial charge in [0, 0.05) is 15.3 Å². The first kappa shape index (κ1) is 17.5. The lowest BCUT2D eigenvalue weighted by atomic mass is 9.82. The van der Waals surface area contributed by atoms with Crippen LogP contribution in [0.2, 0.25) is 0 Å². The molecule has 0 atom stereocenters. The van der Waals surface area contributed by atoms with E-state index in [0.29, 0.717) is 0 Å². The molecule has 1 aliphatic rings. The molecule has 0 N–H and O–H groups in total. The number of halogens is 1. The molecule has 1 aromatic heterocycles. The summed E-state index contributed by atoms with van der Waals surface area (Å²) in [6, 6.07) is 18.3. The van der Waals surface area contributed by atoms with E-state index in [9.17, 15) is 4.39 Å². The molecule has 0 spiro atoms. The monoisotopic (exact) mass is 364 g/mol. The molecule has 0 radical (unpaired) electrons. The van der Waals surface area contributed by atoms with Crippen molar-refractivity contribution >= 4 is 11.3 Å². The molecule has 26 heavy (non-hydrogen) atoms. The van der Waals surface area contributed by atoms with Crippen molar-refractivity contribution in [1.82, 2.24) is 0 Å². The molecule has 0 aliphatic heterocycles. The number of benzene rings is 2. The normalized spacial score (nSPS) is 14.4. The third kappa shape index (κ3) is 3.76. The molecule has 0 unspecified atom stereocenters. The lowest BCUT2D eigenvalue weighted by molar-refractivity contribution is 0.297. The molecule has 4 rings (SSSR count). The number of hydrogen-bond donors (Lipinski definition) is 0. The summed E-state index contributed by atoms with van der Waals surface area (Å²) < 4.78 is 14.8. The second-order valence-corrected chi connectivity index (χ2v) is 8.51. The summed E-state index contributed by atoms with van der Waals surface area (Å²) in [5.74, 6) is 0.796. The average Bonchev–Trinajstić information content (AvgIpc) is 3.09. The van der Waals surface area contributed by atoms with Crippen LogP contribution in [0.1, 0.15) is 43.0 Å². The lowest BCUT2D eigenvalue weighted by Crippen LogP contribution is -2.11. The van der Waals surface area contributed by atoms with Gasteiger partial charge in [0.2, 0.25) is 0 Å². The van der Waals surface area contributed by atoms with Crippen LogP contribution in [0.4, 0.5) is 4.39 Å². The molecule has 134 valence electrons. The number of thiophene rings is 1. The van der Waals surface area contributed by atoms with Crippen LogP contribution in [-0.4, -0.2) is 0 Å². The highest BCUT2D eigenvalue weighted by Crippen LogP contribution is 2.35. The summed E-state index contributed by atoms with van der Waals surface area (Å²) in [6.07, 6.45) is 7.64. The van der Waals surface area contributed by atoms with E-state index in [-0.39, 0.29) is 5.82 Å². The van der Waals surface area contributed by atoms with Crippen LogP contribution in [0.5, 0.6) is 0 Å². The second-order valence-electron chi connectivity index (χ2n) is 7.35. The Balaban J connectivity index is 1.51. The van der Waals surface area contributed by atoms with Crippen LogP contribution in [0, 0.1) is 11.7 Å². The zero-order valence-corrected chi connectivity index (χ0v) is 16.1. The van der Waals surface area contributed by atoms with Crippen LogP contribution < -0.4 is 0 Å². The van der Waals surface area contributed by atoms with E-state index in [2.05, 4.69) is 43.3 Å². The average molecular weight is 365 g/mol. The summed E-state index contributed by atoms with van der Waals surface area (Å²) in [6.45, 7) is 2.14. The van der Waals surface area contributed by atoms with Crippen molar-refractivity contribution in [2.45, 2.75) is 45.4 Å². The Bertz CT molecular complexity index is 871. The highest BCUT2D eigenvalue weighted by molar-refractivity contribution is 7.15. The van der Waals surface area contributed by atoms with Gasteiger partial charge in [-0.25, -0.2) is 4.39 Å². The Morgan fingerprint density at radius 3 is 2.38 bits per heavy atom. The molecule has 1 heterocycles. The minimum atomic E-state index is -0.130. The Kier molecular flexibility index (Phi) is 5.21. The van der Waals surface area contributed by atoms with E-state index < -0.39 is 0 Å². The Hall–Kier alpha value is -1.93. The fourth-order valence-corrected chi connectivity index (χ4v) is 4.66. The smallest absolute Gasteiger partial charge is 0.132 e. The number of aryl methyl sites for hydroxylation is 2. The highest BCUT2D eigenvalue weighted by atomic mass is 32.1. The SMILES string of the molecule is CCc1ccc(-c2ccc(-c3ccc(CCC4CCC4)s3)c(F)c2)cc1. The van der Waals surface area contributed by atoms with Crippen molar-refractivity contribution in [3.63, 3.8) is 0 Å². The summed E-state index contributed by atoms with van der Waals surface area (Å²) in [5.41, 5.74) is 4.04. The van der Waals surface area contributed by atoms with E-state index >= 15 is 0 Å². The first-order valence-corrected chi connectivity index (χ1v) is 10.5. The van der Waals surface area contributed by atoms with E-state index in [1.165, 1.54) is 36.1 Å². The molecule has 0 bridgehead atoms. The van der Waals surface area contributed by atoms with Gasteiger partial charge < -0.3 is 0 Å². The van der Waals surface area contributed by atoms with Gasteiger partial charge in [-0.15, -0.1) is 11.3 Å². The Labute approximate surface area is 159 Å². The van der Waals surface area contributed by atoms with Crippen LogP contribution >= 0.6 is 11.3 Å². The largest absolute Gasteiger partial charge is 0.206 e. The Morgan fingerprint density at radius 1 is 0.962 bits per heavy atom. The highest BCUT2D eigenvalue weighted by Gasteiger charge is 2.17. The molecular formula is C24H25FS. The third-order valence-corrected chi connectivity index (χ3v) is 6.79. The molecular weight excluding hydrogens is 339 g/mol. The molecule has 2 heteroatoms. The minimum Gasteiger partial charge on any atom is -0.206 e. The van der Waals surface area contributed by atoms with Gasteiger partial charge in [-0.1, -0.05) is 56.5 Å². The zero-order valence-electron chi connectivity index (χ0n) is 15.3. The van der Waals surface area contributed by atoms with Crippen molar-refractivity contribution in [1.29, 1.82) is 0 Å². The van der Waals surface area contributed by atoms with Gasteiger partial charge in [-0.2, -0.15) is 0 Å². The molecule has 1 saturated carbocycles. The first-order chi connectivity index (χ1) is 12.7. The Morgan fingerprint density at radius 2 is 1.73 bits per heavy atom. The molecule has 0 nitrogen and oxygen atoms in total. The van der Waals surface area contributed by atoms with Gasteiger partial charge in [0.15, 0.2) is 0 Å². The van der Waals surface area contributed by atoms with Gasteiger partial charge in [0.05, 0.1) is 0 Å². The fourth-order valence-electron chi connectivity index (χ4n) is 3.61. The van der Waals surface area contributed by atoms with Crippen molar-refractivity contribution in [3.8, 4) is 21.6 Å². The van der Waals surface area contributed by atoms with Crippen LogP contribution in [-0.2, 0) is 12.8 Å². The summed E-state index contributed by atoms with van der Waals surface area (Å²) in [7, 11) is 0. The third-order valence-electron chi connectivity index (χ3n) is 5.62. The van der Waals surface area contributed by atoms with Crippen LogP contribution in [0.3, 0.4) is 0 Å². The number of rotatable bonds is 6. The van der Waals surface area contributed by atoms with Crippen molar-refractivity contribution in [2.75, 3.05) is 0 Å². The first-order valence-electron chi connectivity index (χ1n) is 9.71. The lowest BCUT2D eigenvalue weighted by Gasteiger charge is -2.24. The van der Waals surface area contributed by atoms with Gasteiger partial charge in [0.1, 0.15) is 5.82 Å². The van der Waals surface area contributed by atoms with Crippen molar-refractivity contribution in [3.05, 3.63) is 70.9 Å². The summed E-state index contributed by atoms with van der Waals surface area (Å²) >= 11 is 1.74. The fraction of sp³-hybridized carbons (Fsp3) is 0.333. The maximum Gasteiger partial charge on any atom is 0.132 e. The predicted octanol–water partition coefficient (Wildman–Crippen LogP) is 7.52. The van der Waals surface area contributed by atoms with E-state index in [1.54, 1.807) is 17.4 Å². The summed E-state index contributed by atoms with van der Waals surface area (Å²) in [5, 5.41) is 0. The maximum atomic E-state index is 14.8. The van der Waals surface area contributed by atoms with Gasteiger partial charge in [0.25, 0.3) is 0 Å². The molecule has 1 fully saturated rings. The van der Waals surface area contributed by atoms with Crippen LogP contribution in [0.25, 0.3) is 21.6 Å². The molecule has 1 aliphatic carbocycles. The molecule has 3 aromatic rings. The van der Waals surface area contributed by atoms with Gasteiger partial charge in [-0.05, 0) is 66.1 Å². The molecule has 0 amide bonds. The van der Waals surface area contributed by atoms with Gasteiger partial charge in [-0.3, -0.25) is 0 Å². The zero-order chi connectivity index (χ0) is 17.9. The van der Waals surface area contributed by atoms with E-state index in [0.717, 1.165) is 40.3 Å². The topological polar surface area (TPSA) is 0 Å². The van der Waals surface area contributed by atoms with E-state index in [4.69, 9.17) is 0 Å². The number of hydrogen-bond acceptors (Lipinski definition) is 1. The van der Waals surface area contributed by atoms with Gasteiger partial charge >= 0.3 is 0 Å². The summed E-state index contributed by atoms with van der Waals surface area (Å²) in [4.78, 5) is 2.42. The minimum absolute atomic E-state index is 0.130. The van der Waals surface area contributed by atoms with Crippen molar-refractivity contribution in [2.24, 2.45) is 5.92 Å². The maximum absolute atomic E-state index is 14.8. The quantitative estimate of drug-likeness (QED) is 0.424. The standard InChI is InChI=1S/C24H25FS/c1-2-17-6-9-19(10-7-17)20-11-14-22(23(25)16-20)24-15-13-21(26-24)12-8-18-4-3-5-18/h6-7,9-11,13-16,18H,2-5,8,12H2,1H3. The van der Waals surface area contributed by atoms with E-state index in [1.807, 2.05) is 12.1 Å². The predicted molar refractivity (Wildman–Crippen MR) is 110 cm³/mol.